The van der Waals surface area contributed by atoms with E-state index in [0.717, 1.165) is 57.6 Å². The summed E-state index contributed by atoms with van der Waals surface area (Å²) in [4.78, 5) is 19.6. The highest BCUT2D eigenvalue weighted by Gasteiger charge is 2.33. The Kier molecular flexibility index (Phi) is 6.94. The summed E-state index contributed by atoms with van der Waals surface area (Å²) in [5.74, 6) is 0.260. The van der Waals surface area contributed by atoms with Crippen molar-refractivity contribution in [3.05, 3.63) is 30.1 Å². The number of ether oxygens (including phenoxy) is 1. The van der Waals surface area contributed by atoms with Gasteiger partial charge in [0.05, 0.1) is 5.92 Å². The standard InChI is InChI=1S/C22H34N4O2/c27-22(24-14-17-6-10-23-11-7-17)18-4-5-20(25-19-2-1-3-19)16-26(15-18)21-8-12-28-13-9-21/h6-7,10-11,18-21,25H,1-5,8-9,12-16H2,(H,24,27)/t18-,20+/m1/s1. The van der Waals surface area contributed by atoms with Crippen LogP contribution in [0.15, 0.2) is 24.5 Å². The summed E-state index contributed by atoms with van der Waals surface area (Å²) in [6, 6.07) is 5.67. The van der Waals surface area contributed by atoms with E-state index in [1.165, 1.54) is 19.3 Å². The van der Waals surface area contributed by atoms with E-state index in [1.807, 2.05) is 12.1 Å². The molecule has 2 aliphatic heterocycles. The summed E-state index contributed by atoms with van der Waals surface area (Å²) in [6.45, 7) is 4.21. The third kappa shape index (κ3) is 5.31. The summed E-state index contributed by atoms with van der Waals surface area (Å²) in [7, 11) is 0. The first kappa shape index (κ1) is 19.8. The van der Waals surface area contributed by atoms with Crippen LogP contribution in [0.5, 0.6) is 0 Å². The fraction of sp³-hybridized carbons (Fsp3) is 0.727. The van der Waals surface area contributed by atoms with E-state index in [1.54, 1.807) is 12.4 Å². The lowest BCUT2D eigenvalue weighted by Gasteiger charge is -2.38. The molecule has 2 atom stereocenters. The summed E-state index contributed by atoms with van der Waals surface area (Å²) in [5.41, 5.74) is 1.10. The number of nitrogens with one attached hydrogen (secondary N) is 2. The molecule has 0 spiro atoms. The Balaban J connectivity index is 1.37. The van der Waals surface area contributed by atoms with Crippen LogP contribution in [0.1, 0.15) is 50.5 Å². The Morgan fingerprint density at radius 1 is 1.04 bits per heavy atom. The van der Waals surface area contributed by atoms with Gasteiger partial charge in [-0.1, -0.05) is 6.42 Å². The van der Waals surface area contributed by atoms with Crippen molar-refractivity contribution in [2.75, 3.05) is 26.3 Å². The molecule has 2 N–H and O–H groups in total. The Hall–Kier alpha value is -1.50. The van der Waals surface area contributed by atoms with Crippen molar-refractivity contribution in [1.29, 1.82) is 0 Å². The molecule has 6 nitrogen and oxygen atoms in total. The highest BCUT2D eigenvalue weighted by molar-refractivity contribution is 5.78. The van der Waals surface area contributed by atoms with Crippen molar-refractivity contribution < 1.29 is 9.53 Å². The third-order valence-electron chi connectivity index (χ3n) is 6.64. The Labute approximate surface area is 168 Å². The number of pyridine rings is 1. The summed E-state index contributed by atoms with van der Waals surface area (Å²) >= 11 is 0. The fourth-order valence-electron chi connectivity index (χ4n) is 4.67. The number of likely N-dealkylation sites (tertiary alicyclic amines) is 1. The molecule has 28 heavy (non-hydrogen) atoms. The van der Waals surface area contributed by atoms with Crippen molar-refractivity contribution in [1.82, 2.24) is 20.5 Å². The minimum absolute atomic E-state index is 0.0675. The van der Waals surface area contributed by atoms with Crippen LogP contribution in [0.3, 0.4) is 0 Å². The second-order valence-electron chi connectivity index (χ2n) is 8.64. The van der Waals surface area contributed by atoms with E-state index in [4.69, 9.17) is 4.74 Å². The molecule has 2 saturated heterocycles. The van der Waals surface area contributed by atoms with Gasteiger partial charge in [-0.25, -0.2) is 0 Å². The molecule has 4 rings (SSSR count). The van der Waals surface area contributed by atoms with Crippen molar-refractivity contribution >= 4 is 5.91 Å². The number of nitrogens with zero attached hydrogens (tertiary/aromatic N) is 2. The van der Waals surface area contributed by atoms with Gasteiger partial charge >= 0.3 is 0 Å². The monoisotopic (exact) mass is 386 g/mol. The number of hydrogen-bond acceptors (Lipinski definition) is 5. The number of hydrogen-bond donors (Lipinski definition) is 2. The van der Waals surface area contributed by atoms with Crippen molar-refractivity contribution in [2.45, 2.75) is 69.6 Å². The molecule has 1 aliphatic carbocycles. The summed E-state index contributed by atoms with van der Waals surface area (Å²) in [6.07, 6.45) is 11.7. The predicted molar refractivity (Wildman–Crippen MR) is 109 cm³/mol. The lowest BCUT2D eigenvalue weighted by molar-refractivity contribution is -0.126. The normalized spacial score (nSPS) is 27.7. The molecule has 3 aliphatic rings. The SMILES string of the molecule is O=C(NCc1ccncc1)[C@@H]1CC[C@H](NC2CCC2)CN(C2CCOCC2)C1. The second kappa shape index (κ2) is 9.81. The molecule has 1 saturated carbocycles. The van der Waals surface area contributed by atoms with Gasteiger partial charge < -0.3 is 15.4 Å². The minimum Gasteiger partial charge on any atom is -0.381 e. The average Bonchev–Trinajstić information content (AvgIpc) is 2.93. The van der Waals surface area contributed by atoms with Crippen LogP contribution in [-0.2, 0) is 16.1 Å². The van der Waals surface area contributed by atoms with Crippen LogP contribution in [0.4, 0.5) is 0 Å². The van der Waals surface area contributed by atoms with Gasteiger partial charge in [0.2, 0.25) is 5.91 Å². The zero-order chi connectivity index (χ0) is 19.2. The van der Waals surface area contributed by atoms with E-state index in [2.05, 4.69) is 20.5 Å². The van der Waals surface area contributed by atoms with Gasteiger partial charge in [0, 0.05) is 63.4 Å². The quantitative estimate of drug-likeness (QED) is 0.784. The average molecular weight is 387 g/mol. The van der Waals surface area contributed by atoms with Gasteiger partial charge in [0.1, 0.15) is 0 Å². The lowest BCUT2D eigenvalue weighted by Crippen LogP contribution is -2.50. The van der Waals surface area contributed by atoms with Crippen LogP contribution >= 0.6 is 0 Å². The van der Waals surface area contributed by atoms with Gasteiger partial charge in [-0.15, -0.1) is 0 Å². The first-order valence-electron chi connectivity index (χ1n) is 11.0. The molecular weight excluding hydrogens is 352 g/mol. The minimum atomic E-state index is 0.0675. The maximum Gasteiger partial charge on any atom is 0.224 e. The van der Waals surface area contributed by atoms with E-state index < -0.39 is 0 Å². The molecule has 154 valence electrons. The summed E-state index contributed by atoms with van der Waals surface area (Å²) < 4.78 is 5.57. The number of carbonyl (C=O) groups is 1. The molecule has 1 aromatic rings. The van der Waals surface area contributed by atoms with Crippen molar-refractivity contribution in [2.24, 2.45) is 5.92 Å². The molecule has 0 unspecified atom stereocenters. The summed E-state index contributed by atoms with van der Waals surface area (Å²) in [5, 5.41) is 7.03. The Morgan fingerprint density at radius 3 is 2.54 bits per heavy atom. The second-order valence-corrected chi connectivity index (χ2v) is 8.64. The maximum absolute atomic E-state index is 13.0. The Morgan fingerprint density at radius 2 is 1.82 bits per heavy atom. The van der Waals surface area contributed by atoms with Gasteiger partial charge in [-0.2, -0.15) is 0 Å². The van der Waals surface area contributed by atoms with E-state index in [-0.39, 0.29) is 11.8 Å². The molecule has 0 radical (unpaired) electrons. The van der Waals surface area contributed by atoms with Crippen LogP contribution in [0, 0.1) is 5.92 Å². The molecular formula is C22H34N4O2. The van der Waals surface area contributed by atoms with Crippen LogP contribution < -0.4 is 10.6 Å². The third-order valence-corrected chi connectivity index (χ3v) is 6.64. The lowest BCUT2D eigenvalue weighted by atomic mass is 9.91. The molecule has 6 heteroatoms. The van der Waals surface area contributed by atoms with Crippen LogP contribution in [0.25, 0.3) is 0 Å². The molecule has 0 aromatic carbocycles. The first-order valence-corrected chi connectivity index (χ1v) is 11.0. The predicted octanol–water partition coefficient (Wildman–Crippen LogP) is 2.10. The Bertz CT molecular complexity index is 616. The molecule has 0 bridgehead atoms. The van der Waals surface area contributed by atoms with Gasteiger partial charge in [-0.05, 0) is 56.2 Å². The number of aromatic nitrogens is 1. The zero-order valence-corrected chi connectivity index (χ0v) is 16.8. The molecule has 3 heterocycles. The molecule has 3 fully saturated rings. The number of amides is 1. The van der Waals surface area contributed by atoms with E-state index >= 15 is 0 Å². The number of rotatable bonds is 6. The topological polar surface area (TPSA) is 66.5 Å². The smallest absolute Gasteiger partial charge is 0.224 e. The highest BCUT2D eigenvalue weighted by atomic mass is 16.5. The van der Waals surface area contributed by atoms with E-state index in [0.29, 0.717) is 24.7 Å². The maximum atomic E-state index is 13.0. The van der Waals surface area contributed by atoms with Gasteiger partial charge in [0.15, 0.2) is 0 Å². The van der Waals surface area contributed by atoms with Crippen LogP contribution in [0.2, 0.25) is 0 Å². The van der Waals surface area contributed by atoms with Crippen molar-refractivity contribution in [3.8, 4) is 0 Å². The highest BCUT2D eigenvalue weighted by Crippen LogP contribution is 2.26. The van der Waals surface area contributed by atoms with Crippen molar-refractivity contribution in [3.63, 3.8) is 0 Å². The van der Waals surface area contributed by atoms with Crippen LogP contribution in [-0.4, -0.2) is 60.2 Å². The van der Waals surface area contributed by atoms with Gasteiger partial charge in [-0.3, -0.25) is 14.7 Å². The zero-order valence-electron chi connectivity index (χ0n) is 16.8. The molecule has 1 amide bonds. The van der Waals surface area contributed by atoms with E-state index in [9.17, 15) is 4.79 Å². The largest absolute Gasteiger partial charge is 0.381 e. The molecule has 1 aromatic heterocycles. The fourth-order valence-corrected chi connectivity index (χ4v) is 4.67. The van der Waals surface area contributed by atoms with Gasteiger partial charge in [0.25, 0.3) is 0 Å². The first-order chi connectivity index (χ1) is 13.8. The number of carbonyl (C=O) groups excluding carboxylic acids is 1.